The Bertz CT molecular complexity index is 1470. The van der Waals surface area contributed by atoms with Crippen molar-refractivity contribution < 1.29 is 17.5 Å². The summed E-state index contributed by atoms with van der Waals surface area (Å²) in [4.78, 5) is 3.45. The lowest BCUT2D eigenvalue weighted by atomic mass is 10.1. The smallest absolute Gasteiger partial charge is 0.187 e. The van der Waals surface area contributed by atoms with E-state index in [1.54, 1.807) is 29.8 Å². The monoisotopic (exact) mass is 538 g/mol. The highest BCUT2D eigenvalue weighted by molar-refractivity contribution is 7.90. The largest absolute Gasteiger partial charge is 0.455 e. The van der Waals surface area contributed by atoms with E-state index in [0.717, 1.165) is 43.0 Å². The molecule has 0 saturated heterocycles. The minimum absolute atomic E-state index is 0.0238. The average Bonchev–Trinajstić information content (AvgIpc) is 3.46. The third kappa shape index (κ3) is 4.50. The number of hydrogen-bond donors (Lipinski definition) is 1. The van der Waals surface area contributed by atoms with E-state index in [9.17, 15) is 12.8 Å². The Balaban J connectivity index is 1.50. The lowest BCUT2D eigenvalue weighted by Crippen LogP contribution is -2.17. The van der Waals surface area contributed by atoms with Crippen molar-refractivity contribution in [3.63, 3.8) is 0 Å². The van der Waals surface area contributed by atoms with Gasteiger partial charge in [-0.2, -0.15) is 5.10 Å². The minimum Gasteiger partial charge on any atom is -0.455 e. The van der Waals surface area contributed by atoms with Crippen molar-refractivity contribution in [2.45, 2.75) is 23.6 Å². The van der Waals surface area contributed by atoms with E-state index in [-0.39, 0.29) is 10.8 Å². The van der Waals surface area contributed by atoms with E-state index < -0.39 is 26.3 Å². The Morgan fingerprint density at radius 2 is 2.03 bits per heavy atom. The molecule has 2 aromatic heterocycles. The maximum atomic E-state index is 14.9. The summed E-state index contributed by atoms with van der Waals surface area (Å²) in [7, 11) is -3.99. The van der Waals surface area contributed by atoms with Gasteiger partial charge >= 0.3 is 0 Å². The van der Waals surface area contributed by atoms with Crippen molar-refractivity contribution >= 4 is 50.2 Å². The Kier molecular flexibility index (Phi) is 6.24. The molecular weight excluding hydrogens is 522 g/mol. The second-order valence-corrected chi connectivity index (χ2v) is 11.1. The van der Waals surface area contributed by atoms with Gasteiger partial charge in [-0.3, -0.25) is 0 Å². The first-order valence-electron chi connectivity index (χ1n) is 10.2. The summed E-state index contributed by atoms with van der Waals surface area (Å²) in [5.41, 5.74) is 3.27. The molecule has 0 amide bonds. The third-order valence-electron chi connectivity index (χ3n) is 5.27. The molecule has 4 aromatic rings. The topological polar surface area (TPSA) is 86.1 Å². The number of benzene rings is 2. The van der Waals surface area contributed by atoms with Gasteiger partial charge in [0.15, 0.2) is 9.84 Å². The summed E-state index contributed by atoms with van der Waals surface area (Å²) in [6.45, 7) is 1.59. The minimum atomic E-state index is -3.99. The molecule has 176 valence electrons. The number of anilines is 1. The molecule has 1 N–H and O–H groups in total. The van der Waals surface area contributed by atoms with Gasteiger partial charge in [-0.05, 0) is 30.7 Å². The summed E-state index contributed by atoms with van der Waals surface area (Å²) >= 11 is 13.8. The van der Waals surface area contributed by atoms with Crippen LogP contribution in [0.4, 0.5) is 10.2 Å². The Morgan fingerprint density at radius 3 is 2.82 bits per heavy atom. The van der Waals surface area contributed by atoms with Crippen LogP contribution >= 0.6 is 34.5 Å². The van der Waals surface area contributed by atoms with Crippen LogP contribution in [0.15, 0.2) is 52.3 Å². The summed E-state index contributed by atoms with van der Waals surface area (Å²) in [6.07, 6.45) is 2.67. The lowest BCUT2D eigenvalue weighted by molar-refractivity contribution is 0.475. The molecule has 0 bridgehead atoms. The first kappa shape index (κ1) is 23.1. The summed E-state index contributed by atoms with van der Waals surface area (Å²) in [6, 6.07) is 7.04. The molecule has 0 unspecified atom stereocenters. The van der Waals surface area contributed by atoms with Crippen LogP contribution in [-0.4, -0.2) is 29.7 Å². The molecular formula is C22H17Cl2FN4O3S2. The van der Waals surface area contributed by atoms with Crippen molar-refractivity contribution in [1.29, 1.82) is 0 Å². The molecule has 0 fully saturated rings. The molecule has 0 radical (unpaired) electrons. The lowest BCUT2D eigenvalue weighted by Gasteiger charge is -2.18. The van der Waals surface area contributed by atoms with E-state index >= 15 is 0 Å². The van der Waals surface area contributed by atoms with Crippen molar-refractivity contribution in [2.75, 3.05) is 11.9 Å². The zero-order valence-electron chi connectivity index (χ0n) is 17.5. The van der Waals surface area contributed by atoms with Gasteiger partial charge in [0.25, 0.3) is 0 Å². The number of hydrogen-bond acceptors (Lipinski definition) is 7. The molecule has 7 nitrogen and oxygen atoms in total. The second-order valence-electron chi connectivity index (χ2n) is 7.60. The van der Waals surface area contributed by atoms with Gasteiger partial charge < -0.3 is 10.1 Å². The van der Waals surface area contributed by atoms with E-state index in [1.165, 1.54) is 16.8 Å². The molecule has 1 aliphatic heterocycles. The predicted octanol–water partition coefficient (Wildman–Crippen LogP) is 6.03. The second kappa shape index (κ2) is 9.18. The van der Waals surface area contributed by atoms with Gasteiger partial charge in [0.1, 0.15) is 28.0 Å². The molecule has 0 aliphatic carbocycles. The number of rotatable bonds is 6. The molecule has 34 heavy (non-hydrogen) atoms. The molecule has 0 atom stereocenters. The number of aromatic nitrogens is 3. The molecule has 2 aromatic carbocycles. The normalized spacial score (nSPS) is 13.4. The maximum absolute atomic E-state index is 14.9. The van der Waals surface area contributed by atoms with Gasteiger partial charge in [-0.1, -0.05) is 23.2 Å². The average molecular weight is 539 g/mol. The van der Waals surface area contributed by atoms with E-state index in [0.29, 0.717) is 22.0 Å². The van der Waals surface area contributed by atoms with E-state index in [4.69, 9.17) is 27.9 Å². The number of ether oxygens (including phenoxy) is 1. The van der Waals surface area contributed by atoms with Crippen LogP contribution in [0.3, 0.4) is 0 Å². The molecule has 0 saturated carbocycles. The Hall–Kier alpha value is -2.66. The fourth-order valence-electron chi connectivity index (χ4n) is 3.70. The number of nitrogens with one attached hydrogen (secondary N) is 1. The highest BCUT2D eigenvalue weighted by Crippen LogP contribution is 2.42. The van der Waals surface area contributed by atoms with Crippen LogP contribution in [0.5, 0.6) is 11.5 Å². The molecule has 1 aliphatic rings. The fraction of sp³-hybridized carbons (Fsp3) is 0.182. The van der Waals surface area contributed by atoms with Crippen LogP contribution in [0.2, 0.25) is 10.0 Å². The quantitative estimate of drug-likeness (QED) is 0.322. The van der Waals surface area contributed by atoms with Gasteiger partial charge in [-0.25, -0.2) is 22.5 Å². The van der Waals surface area contributed by atoms with E-state index in [2.05, 4.69) is 15.4 Å². The van der Waals surface area contributed by atoms with Gasteiger partial charge in [0, 0.05) is 40.7 Å². The van der Waals surface area contributed by atoms with Crippen LogP contribution in [0, 0.1) is 5.82 Å². The number of fused-ring (bicyclic) bond motifs is 1. The molecule has 5 rings (SSSR count). The zero-order valence-corrected chi connectivity index (χ0v) is 20.6. The van der Waals surface area contributed by atoms with Gasteiger partial charge in [-0.15, -0.1) is 11.3 Å². The van der Waals surface area contributed by atoms with Crippen LogP contribution in [0.25, 0.3) is 11.1 Å². The highest BCUT2D eigenvalue weighted by atomic mass is 35.5. The highest BCUT2D eigenvalue weighted by Gasteiger charge is 2.25. The van der Waals surface area contributed by atoms with Crippen LogP contribution < -0.4 is 10.1 Å². The predicted molar refractivity (Wildman–Crippen MR) is 130 cm³/mol. The number of thiazole rings is 1. The first-order chi connectivity index (χ1) is 16.3. The van der Waals surface area contributed by atoms with E-state index in [1.807, 2.05) is 4.68 Å². The van der Waals surface area contributed by atoms with Crippen LogP contribution in [-0.2, 0) is 22.1 Å². The number of sulfone groups is 1. The standard InChI is InChI=1S/C22H17Cl2FN4O3S2/c23-13-2-3-19(15(6-13)16-9-28-29-5-1-4-26-22(16)29)32-20-8-18(25)21(7-17(20)24)34(30,31)11-14-10-33-12-27-14/h2-3,6-10,12,26H,1,4-5,11H2. The zero-order chi connectivity index (χ0) is 23.9. The Labute approximate surface area is 209 Å². The summed E-state index contributed by atoms with van der Waals surface area (Å²) in [5.74, 6) is -0.212. The van der Waals surface area contributed by atoms with Crippen molar-refractivity contribution in [3.05, 3.63) is 69.0 Å². The molecule has 0 spiro atoms. The number of nitrogens with zero attached hydrogens (tertiary/aromatic N) is 3. The SMILES string of the molecule is O=S(=O)(Cc1cscn1)c1cc(Cl)c(Oc2ccc(Cl)cc2-c2cnn3c2NCCC3)cc1F. The fourth-order valence-corrected chi connectivity index (χ4v) is 6.16. The number of aryl methyl sites for hydroxylation is 1. The maximum Gasteiger partial charge on any atom is 0.187 e. The van der Waals surface area contributed by atoms with Crippen LogP contribution in [0.1, 0.15) is 12.1 Å². The summed E-state index contributed by atoms with van der Waals surface area (Å²) < 4.78 is 48.2. The van der Waals surface area contributed by atoms with Gasteiger partial charge in [0.2, 0.25) is 0 Å². The molecule has 3 heterocycles. The first-order valence-corrected chi connectivity index (χ1v) is 13.5. The van der Waals surface area contributed by atoms with Gasteiger partial charge in [0.05, 0.1) is 28.2 Å². The molecule has 12 heteroatoms. The number of halogens is 3. The Morgan fingerprint density at radius 1 is 1.18 bits per heavy atom. The third-order valence-corrected chi connectivity index (χ3v) is 8.10. The van der Waals surface area contributed by atoms with Crippen molar-refractivity contribution in [1.82, 2.24) is 14.8 Å². The van der Waals surface area contributed by atoms with Crippen molar-refractivity contribution in [2.24, 2.45) is 0 Å². The van der Waals surface area contributed by atoms with Crippen molar-refractivity contribution in [3.8, 4) is 22.6 Å². The summed E-state index contributed by atoms with van der Waals surface area (Å²) in [5, 5.41) is 9.77.